The summed E-state index contributed by atoms with van der Waals surface area (Å²) in [5.74, 6) is 2.69. The van der Waals surface area contributed by atoms with E-state index in [0.717, 1.165) is 62.9 Å². The van der Waals surface area contributed by atoms with Crippen molar-refractivity contribution in [3.8, 4) is 0 Å². The Hall–Kier alpha value is -1.95. The van der Waals surface area contributed by atoms with Gasteiger partial charge in [0.05, 0.1) is 6.20 Å². The van der Waals surface area contributed by atoms with Crippen LogP contribution in [0.3, 0.4) is 0 Å². The summed E-state index contributed by atoms with van der Waals surface area (Å²) in [4.78, 5) is 14.6. The Balaban J connectivity index is 1.40. The average Bonchev–Trinajstić information content (AvgIpc) is 3.27. The molecule has 0 radical (unpaired) electrons. The summed E-state index contributed by atoms with van der Waals surface area (Å²) in [5.41, 5.74) is 2.40. The minimum absolute atomic E-state index is 0.492. The van der Waals surface area contributed by atoms with Gasteiger partial charge in [-0.05, 0) is 45.7 Å². The molecule has 2 aromatic rings. The third-order valence-corrected chi connectivity index (χ3v) is 5.41. The Morgan fingerprint density at radius 1 is 1.08 bits per heavy atom. The highest BCUT2D eigenvalue weighted by Crippen LogP contribution is 2.28. The third kappa shape index (κ3) is 3.84. The molecule has 4 rings (SSSR count). The second kappa shape index (κ2) is 7.12. The average molecular weight is 340 g/mol. The van der Waals surface area contributed by atoms with Gasteiger partial charge in [-0.3, -0.25) is 9.58 Å². The van der Waals surface area contributed by atoms with E-state index in [4.69, 9.17) is 9.97 Å². The van der Waals surface area contributed by atoms with Crippen LogP contribution in [0, 0.1) is 6.92 Å². The number of nitrogens with zero attached hydrogens (tertiary/aromatic N) is 6. The van der Waals surface area contributed by atoms with Gasteiger partial charge < -0.3 is 4.90 Å². The van der Waals surface area contributed by atoms with Gasteiger partial charge in [-0.25, -0.2) is 9.97 Å². The van der Waals surface area contributed by atoms with Crippen molar-refractivity contribution < 1.29 is 0 Å². The third-order valence-electron chi connectivity index (χ3n) is 5.41. The zero-order valence-corrected chi connectivity index (χ0v) is 15.4. The van der Waals surface area contributed by atoms with Gasteiger partial charge in [-0.1, -0.05) is 0 Å². The van der Waals surface area contributed by atoms with E-state index >= 15 is 0 Å². The van der Waals surface area contributed by atoms with E-state index in [9.17, 15) is 0 Å². The molecule has 6 nitrogen and oxygen atoms in total. The van der Waals surface area contributed by atoms with Crippen molar-refractivity contribution in [2.45, 2.75) is 45.1 Å². The summed E-state index contributed by atoms with van der Waals surface area (Å²) in [6, 6.07) is 2.15. The molecule has 2 aromatic heterocycles. The Bertz CT molecular complexity index is 710. The number of hydrogen-bond acceptors (Lipinski definition) is 5. The van der Waals surface area contributed by atoms with Crippen molar-refractivity contribution in [2.24, 2.45) is 7.05 Å². The lowest BCUT2D eigenvalue weighted by molar-refractivity contribution is 0.201. The molecule has 25 heavy (non-hydrogen) atoms. The molecule has 0 amide bonds. The first-order valence-corrected chi connectivity index (χ1v) is 9.48. The van der Waals surface area contributed by atoms with Gasteiger partial charge in [0.25, 0.3) is 0 Å². The standard InChI is InChI=1S/C19H28N6/c1-15-11-18(25-7-3-4-8-25)22-19(21-15)17-5-9-24(10-6-17)14-16-12-20-23(2)13-16/h11-13,17H,3-10,14H2,1-2H3. The molecular weight excluding hydrogens is 312 g/mol. The highest BCUT2D eigenvalue weighted by molar-refractivity contribution is 5.41. The van der Waals surface area contributed by atoms with Crippen LogP contribution in [0.15, 0.2) is 18.5 Å². The van der Waals surface area contributed by atoms with E-state index in [0.29, 0.717) is 5.92 Å². The summed E-state index contributed by atoms with van der Waals surface area (Å²) >= 11 is 0. The van der Waals surface area contributed by atoms with Gasteiger partial charge in [0.2, 0.25) is 0 Å². The highest BCUT2D eigenvalue weighted by atomic mass is 15.2. The molecule has 6 heteroatoms. The lowest BCUT2D eigenvalue weighted by Gasteiger charge is -2.31. The fourth-order valence-electron chi connectivity index (χ4n) is 4.03. The van der Waals surface area contributed by atoms with Crippen molar-refractivity contribution in [2.75, 3.05) is 31.1 Å². The van der Waals surface area contributed by atoms with Crippen LogP contribution in [0.4, 0.5) is 5.82 Å². The van der Waals surface area contributed by atoms with Crippen LogP contribution in [0.2, 0.25) is 0 Å². The number of piperidine rings is 1. The largest absolute Gasteiger partial charge is 0.357 e. The number of likely N-dealkylation sites (tertiary alicyclic amines) is 1. The molecule has 0 atom stereocenters. The molecule has 134 valence electrons. The molecule has 2 aliphatic rings. The second-order valence-corrected chi connectivity index (χ2v) is 7.49. The molecule has 0 saturated carbocycles. The molecule has 0 spiro atoms. The van der Waals surface area contributed by atoms with Crippen molar-refractivity contribution >= 4 is 5.82 Å². The van der Waals surface area contributed by atoms with Gasteiger partial charge in [0.15, 0.2) is 0 Å². The van der Waals surface area contributed by atoms with E-state index in [2.05, 4.69) is 34.1 Å². The summed E-state index contributed by atoms with van der Waals surface area (Å²) < 4.78 is 1.88. The molecular formula is C19H28N6. The lowest BCUT2D eigenvalue weighted by Crippen LogP contribution is -2.33. The number of hydrogen-bond donors (Lipinski definition) is 0. The molecule has 0 bridgehead atoms. The molecule has 2 saturated heterocycles. The maximum atomic E-state index is 4.93. The van der Waals surface area contributed by atoms with Crippen molar-refractivity contribution in [1.29, 1.82) is 0 Å². The first-order valence-electron chi connectivity index (χ1n) is 9.48. The number of aromatic nitrogens is 4. The molecule has 2 aliphatic heterocycles. The Morgan fingerprint density at radius 2 is 1.84 bits per heavy atom. The van der Waals surface area contributed by atoms with Crippen LogP contribution in [0.25, 0.3) is 0 Å². The minimum atomic E-state index is 0.492. The predicted molar refractivity (Wildman–Crippen MR) is 98.7 cm³/mol. The molecule has 2 fully saturated rings. The predicted octanol–water partition coefficient (Wildman–Crippen LogP) is 2.50. The first-order chi connectivity index (χ1) is 12.2. The SMILES string of the molecule is Cc1cc(N2CCCC2)nc(C2CCN(Cc3cnn(C)c3)CC2)n1. The van der Waals surface area contributed by atoms with Crippen molar-refractivity contribution in [3.05, 3.63) is 35.5 Å². The summed E-state index contributed by atoms with van der Waals surface area (Å²) in [6.07, 6.45) is 8.93. The zero-order chi connectivity index (χ0) is 17.2. The van der Waals surface area contributed by atoms with Crippen LogP contribution in [0.5, 0.6) is 0 Å². The van der Waals surface area contributed by atoms with Gasteiger partial charge in [0.1, 0.15) is 11.6 Å². The summed E-state index contributed by atoms with van der Waals surface area (Å²) in [7, 11) is 1.97. The maximum absolute atomic E-state index is 4.93. The van der Waals surface area contributed by atoms with Crippen molar-refractivity contribution in [3.63, 3.8) is 0 Å². The van der Waals surface area contributed by atoms with Crippen LogP contribution < -0.4 is 4.90 Å². The van der Waals surface area contributed by atoms with Crippen LogP contribution >= 0.6 is 0 Å². The van der Waals surface area contributed by atoms with Gasteiger partial charge in [-0.2, -0.15) is 5.10 Å². The topological polar surface area (TPSA) is 50.1 Å². The van der Waals surface area contributed by atoms with E-state index in [1.807, 2.05) is 17.9 Å². The maximum Gasteiger partial charge on any atom is 0.134 e. The van der Waals surface area contributed by atoms with E-state index < -0.39 is 0 Å². The normalized spacial score (nSPS) is 19.7. The van der Waals surface area contributed by atoms with Crippen LogP contribution in [0.1, 0.15) is 48.7 Å². The summed E-state index contributed by atoms with van der Waals surface area (Å²) in [6.45, 7) is 7.58. The van der Waals surface area contributed by atoms with Gasteiger partial charge in [0, 0.05) is 56.1 Å². The Kier molecular flexibility index (Phi) is 4.70. The number of aryl methyl sites for hydroxylation is 2. The van der Waals surface area contributed by atoms with Crippen molar-refractivity contribution in [1.82, 2.24) is 24.6 Å². The van der Waals surface area contributed by atoms with Crippen LogP contribution in [-0.4, -0.2) is 50.8 Å². The molecule has 0 unspecified atom stereocenters. The minimum Gasteiger partial charge on any atom is -0.357 e. The summed E-state index contributed by atoms with van der Waals surface area (Å²) in [5, 5.41) is 4.27. The lowest BCUT2D eigenvalue weighted by atomic mass is 9.95. The zero-order valence-electron chi connectivity index (χ0n) is 15.4. The first kappa shape index (κ1) is 16.5. The fourth-order valence-corrected chi connectivity index (χ4v) is 4.03. The Morgan fingerprint density at radius 3 is 2.52 bits per heavy atom. The number of rotatable bonds is 4. The monoisotopic (exact) mass is 340 g/mol. The molecule has 0 aliphatic carbocycles. The Labute approximate surface area is 149 Å². The molecule has 0 N–H and O–H groups in total. The van der Waals surface area contributed by atoms with E-state index in [1.165, 1.54) is 18.4 Å². The smallest absolute Gasteiger partial charge is 0.134 e. The van der Waals surface area contributed by atoms with E-state index in [1.54, 1.807) is 0 Å². The van der Waals surface area contributed by atoms with Crippen LogP contribution in [-0.2, 0) is 13.6 Å². The molecule has 4 heterocycles. The number of anilines is 1. The fraction of sp³-hybridized carbons (Fsp3) is 0.632. The quantitative estimate of drug-likeness (QED) is 0.856. The van der Waals surface area contributed by atoms with Gasteiger partial charge >= 0.3 is 0 Å². The second-order valence-electron chi connectivity index (χ2n) is 7.49. The molecule has 0 aromatic carbocycles. The van der Waals surface area contributed by atoms with Gasteiger partial charge in [-0.15, -0.1) is 0 Å². The highest BCUT2D eigenvalue weighted by Gasteiger charge is 2.24. The van der Waals surface area contributed by atoms with E-state index in [-0.39, 0.29) is 0 Å².